The highest BCUT2D eigenvalue weighted by atomic mass is 35.5. The van der Waals surface area contributed by atoms with Crippen LogP contribution < -0.4 is 16.6 Å². The minimum absolute atomic E-state index is 0.158. The predicted octanol–water partition coefficient (Wildman–Crippen LogP) is 1.91. The summed E-state index contributed by atoms with van der Waals surface area (Å²) >= 11 is 5.82. The lowest BCUT2D eigenvalue weighted by molar-refractivity contribution is 0.0934. The number of nitrogens with one attached hydrogen (secondary N) is 2. The minimum atomic E-state index is -0.302. The predicted molar refractivity (Wildman–Crippen MR) is 77.2 cm³/mol. The summed E-state index contributed by atoms with van der Waals surface area (Å²) in [5.41, 5.74) is 3.53. The molecule has 0 saturated heterocycles. The van der Waals surface area contributed by atoms with Gasteiger partial charge in [-0.1, -0.05) is 23.7 Å². The second-order valence-corrected chi connectivity index (χ2v) is 4.63. The molecular weight excluding hydrogens is 278 g/mol. The minimum Gasteiger partial charge on any atom is -0.344 e. The van der Waals surface area contributed by atoms with Crippen LogP contribution in [0.2, 0.25) is 5.02 Å². The topological polar surface area (TPSA) is 92.9 Å². The Balaban J connectivity index is 2.04. The molecule has 0 spiro atoms. The summed E-state index contributed by atoms with van der Waals surface area (Å²) in [5, 5.41) is 11.0. The lowest BCUT2D eigenvalue weighted by Crippen LogP contribution is -2.27. The maximum Gasteiger partial charge on any atom is 0.272 e. The van der Waals surface area contributed by atoms with Gasteiger partial charge in [0.2, 0.25) is 0 Å². The van der Waals surface area contributed by atoms with Crippen molar-refractivity contribution in [1.82, 2.24) is 15.5 Å². The van der Waals surface area contributed by atoms with E-state index >= 15 is 0 Å². The van der Waals surface area contributed by atoms with E-state index in [0.29, 0.717) is 10.8 Å². The molecule has 1 aromatic heterocycles. The van der Waals surface area contributed by atoms with E-state index in [9.17, 15) is 4.79 Å². The van der Waals surface area contributed by atoms with Crippen LogP contribution in [0.15, 0.2) is 36.4 Å². The second kappa shape index (κ2) is 6.31. The molecule has 0 saturated carbocycles. The van der Waals surface area contributed by atoms with Gasteiger partial charge in [0.05, 0.1) is 6.04 Å². The van der Waals surface area contributed by atoms with Crippen LogP contribution in [0.25, 0.3) is 0 Å². The van der Waals surface area contributed by atoms with E-state index < -0.39 is 0 Å². The Morgan fingerprint density at radius 2 is 1.90 bits per heavy atom. The number of nitrogens with two attached hydrogens (primary N) is 1. The lowest BCUT2D eigenvalue weighted by atomic mass is 10.1. The van der Waals surface area contributed by atoms with Crippen LogP contribution in [0.1, 0.15) is 29.0 Å². The number of anilines is 1. The van der Waals surface area contributed by atoms with Crippen LogP contribution in [0.5, 0.6) is 0 Å². The molecule has 1 atom stereocenters. The van der Waals surface area contributed by atoms with Crippen LogP contribution >= 0.6 is 11.6 Å². The molecule has 2 aromatic rings. The fraction of sp³-hybridized carbons (Fsp3) is 0.154. The van der Waals surface area contributed by atoms with Gasteiger partial charge in [0.15, 0.2) is 11.5 Å². The molecule has 6 nitrogen and oxygen atoms in total. The highest BCUT2D eigenvalue weighted by molar-refractivity contribution is 6.30. The number of amides is 1. The maximum absolute atomic E-state index is 12.0. The van der Waals surface area contributed by atoms with Gasteiger partial charge in [0.25, 0.3) is 5.91 Å². The Labute approximate surface area is 121 Å². The van der Waals surface area contributed by atoms with Gasteiger partial charge in [-0.05, 0) is 36.8 Å². The molecular formula is C13H14ClN5O. The summed E-state index contributed by atoms with van der Waals surface area (Å²) in [5.74, 6) is 5.27. The number of benzene rings is 1. The Hall–Kier alpha value is -2.18. The number of hydrogen-bond acceptors (Lipinski definition) is 5. The highest BCUT2D eigenvalue weighted by Crippen LogP contribution is 2.16. The van der Waals surface area contributed by atoms with Crippen molar-refractivity contribution in [2.45, 2.75) is 13.0 Å². The molecule has 2 rings (SSSR count). The van der Waals surface area contributed by atoms with Crippen molar-refractivity contribution in [2.24, 2.45) is 5.84 Å². The van der Waals surface area contributed by atoms with Gasteiger partial charge in [0, 0.05) is 5.02 Å². The van der Waals surface area contributed by atoms with Crippen LogP contribution in [-0.2, 0) is 0 Å². The van der Waals surface area contributed by atoms with Crippen molar-refractivity contribution >= 4 is 23.3 Å². The van der Waals surface area contributed by atoms with Gasteiger partial charge in [-0.2, -0.15) is 0 Å². The number of nitrogens with zero attached hydrogens (tertiary/aromatic N) is 2. The number of rotatable bonds is 4. The zero-order valence-corrected chi connectivity index (χ0v) is 11.6. The van der Waals surface area contributed by atoms with E-state index in [1.165, 1.54) is 0 Å². The third-order valence-electron chi connectivity index (χ3n) is 2.76. The number of hydrogen-bond donors (Lipinski definition) is 3. The van der Waals surface area contributed by atoms with Crippen LogP contribution in [0.4, 0.5) is 5.82 Å². The van der Waals surface area contributed by atoms with Gasteiger partial charge in [-0.25, -0.2) is 5.84 Å². The van der Waals surface area contributed by atoms with Crippen molar-refractivity contribution in [3.05, 3.63) is 52.7 Å². The first-order valence-corrected chi connectivity index (χ1v) is 6.34. The first-order valence-electron chi connectivity index (χ1n) is 5.97. The molecule has 4 N–H and O–H groups in total. The SMILES string of the molecule is CC(NC(=O)c1ccc(NN)nn1)c1ccc(Cl)cc1. The summed E-state index contributed by atoms with van der Waals surface area (Å²) in [7, 11) is 0. The fourth-order valence-corrected chi connectivity index (χ4v) is 1.76. The summed E-state index contributed by atoms with van der Waals surface area (Å²) in [4.78, 5) is 12.0. The van der Waals surface area contributed by atoms with Crippen molar-refractivity contribution in [1.29, 1.82) is 0 Å². The zero-order chi connectivity index (χ0) is 14.5. The van der Waals surface area contributed by atoms with Crippen LogP contribution in [0, 0.1) is 0 Å². The van der Waals surface area contributed by atoms with Gasteiger partial charge < -0.3 is 10.7 Å². The molecule has 104 valence electrons. The largest absolute Gasteiger partial charge is 0.344 e. The van der Waals surface area contributed by atoms with Crippen LogP contribution in [-0.4, -0.2) is 16.1 Å². The summed E-state index contributed by atoms with van der Waals surface area (Å²) in [6.07, 6.45) is 0. The average Bonchev–Trinajstić information content (AvgIpc) is 2.48. The second-order valence-electron chi connectivity index (χ2n) is 4.19. The summed E-state index contributed by atoms with van der Waals surface area (Å²) in [6, 6.07) is 10.2. The lowest BCUT2D eigenvalue weighted by Gasteiger charge is -2.14. The third kappa shape index (κ3) is 3.43. The first kappa shape index (κ1) is 14.2. The van der Waals surface area contributed by atoms with Crippen molar-refractivity contribution < 1.29 is 4.79 Å². The van der Waals surface area contributed by atoms with Crippen LogP contribution in [0.3, 0.4) is 0 Å². The Morgan fingerprint density at radius 1 is 1.20 bits per heavy atom. The number of carbonyl (C=O) groups excluding carboxylic acids is 1. The van der Waals surface area contributed by atoms with E-state index in [1.807, 2.05) is 19.1 Å². The molecule has 1 amide bonds. The number of hydrazine groups is 1. The molecule has 0 bridgehead atoms. The molecule has 1 heterocycles. The van der Waals surface area contributed by atoms with E-state index in [-0.39, 0.29) is 17.6 Å². The monoisotopic (exact) mass is 291 g/mol. The first-order chi connectivity index (χ1) is 9.60. The van der Waals surface area contributed by atoms with Crippen molar-refractivity contribution in [3.63, 3.8) is 0 Å². The molecule has 0 aliphatic carbocycles. The van der Waals surface area contributed by atoms with E-state index in [1.54, 1.807) is 24.3 Å². The summed E-state index contributed by atoms with van der Waals surface area (Å²) in [6.45, 7) is 1.88. The molecule has 0 radical (unpaired) electrons. The van der Waals surface area contributed by atoms with E-state index in [0.717, 1.165) is 5.56 Å². The van der Waals surface area contributed by atoms with Gasteiger partial charge >= 0.3 is 0 Å². The van der Waals surface area contributed by atoms with E-state index in [2.05, 4.69) is 20.9 Å². The van der Waals surface area contributed by atoms with Gasteiger partial charge in [-0.3, -0.25) is 4.79 Å². The summed E-state index contributed by atoms with van der Waals surface area (Å²) < 4.78 is 0. The molecule has 0 aliphatic heterocycles. The number of carbonyl (C=O) groups is 1. The fourth-order valence-electron chi connectivity index (χ4n) is 1.64. The quantitative estimate of drug-likeness (QED) is 0.591. The number of aromatic nitrogens is 2. The third-order valence-corrected chi connectivity index (χ3v) is 3.01. The normalized spacial score (nSPS) is 11.8. The molecule has 7 heteroatoms. The molecule has 0 fully saturated rings. The molecule has 20 heavy (non-hydrogen) atoms. The number of halogens is 1. The Morgan fingerprint density at radius 3 is 2.45 bits per heavy atom. The Kier molecular flexibility index (Phi) is 4.49. The van der Waals surface area contributed by atoms with E-state index in [4.69, 9.17) is 17.4 Å². The molecule has 1 unspecified atom stereocenters. The average molecular weight is 292 g/mol. The maximum atomic E-state index is 12.0. The van der Waals surface area contributed by atoms with Crippen molar-refractivity contribution in [3.8, 4) is 0 Å². The molecule has 1 aromatic carbocycles. The Bertz CT molecular complexity index is 585. The zero-order valence-electron chi connectivity index (χ0n) is 10.8. The molecule has 0 aliphatic rings. The van der Waals surface area contributed by atoms with Gasteiger partial charge in [0.1, 0.15) is 0 Å². The standard InChI is InChI=1S/C13H14ClN5O/c1-8(9-2-4-10(14)5-3-9)16-13(20)11-6-7-12(17-15)19-18-11/h2-8H,15H2,1H3,(H,16,20)(H,17,19). The number of nitrogen functional groups attached to an aromatic ring is 1. The smallest absolute Gasteiger partial charge is 0.272 e. The van der Waals surface area contributed by atoms with Crippen molar-refractivity contribution in [2.75, 3.05) is 5.43 Å². The highest BCUT2D eigenvalue weighted by Gasteiger charge is 2.13. The van der Waals surface area contributed by atoms with Gasteiger partial charge in [-0.15, -0.1) is 10.2 Å².